The molecule has 2 aromatic rings. The number of hydrogen-bond donors (Lipinski definition) is 1. The highest BCUT2D eigenvalue weighted by Crippen LogP contribution is 2.41. The number of benzene rings is 2. The van der Waals surface area contributed by atoms with Gasteiger partial charge in [0.15, 0.2) is 0 Å². The Bertz CT molecular complexity index is 920. The minimum atomic E-state index is -3.73. The summed E-state index contributed by atoms with van der Waals surface area (Å²) in [4.78, 5) is 12.1. The maximum absolute atomic E-state index is 13.3. The lowest BCUT2D eigenvalue weighted by atomic mass is 9.87. The average Bonchev–Trinajstić information content (AvgIpc) is 2.60. The van der Waals surface area contributed by atoms with E-state index in [4.69, 9.17) is 5.73 Å². The van der Waals surface area contributed by atoms with E-state index in [2.05, 4.69) is 13.8 Å². The van der Waals surface area contributed by atoms with Gasteiger partial charge in [0.05, 0.1) is 16.5 Å². The summed E-state index contributed by atoms with van der Waals surface area (Å²) >= 11 is 0. The number of rotatable bonds is 4. The van der Waals surface area contributed by atoms with E-state index in [9.17, 15) is 13.2 Å². The van der Waals surface area contributed by atoms with Crippen LogP contribution in [0.2, 0.25) is 0 Å². The van der Waals surface area contributed by atoms with Gasteiger partial charge < -0.3 is 5.73 Å². The number of hydrogen-bond acceptors (Lipinski definition) is 3. The average molecular weight is 372 g/mol. The van der Waals surface area contributed by atoms with Crippen LogP contribution in [0.4, 0.5) is 5.69 Å². The van der Waals surface area contributed by atoms with Gasteiger partial charge in [0.2, 0.25) is 5.91 Å². The van der Waals surface area contributed by atoms with Crippen molar-refractivity contribution in [2.45, 2.75) is 50.0 Å². The van der Waals surface area contributed by atoms with Crippen LogP contribution in [-0.4, -0.2) is 20.4 Å². The van der Waals surface area contributed by atoms with E-state index in [0.29, 0.717) is 23.6 Å². The summed E-state index contributed by atoms with van der Waals surface area (Å²) in [5.74, 6) is -0.573. The summed E-state index contributed by atoms with van der Waals surface area (Å²) in [5.41, 5.74) is 7.83. The molecule has 2 aromatic carbocycles. The summed E-state index contributed by atoms with van der Waals surface area (Å²) in [7, 11) is -3.73. The van der Waals surface area contributed by atoms with Crippen molar-refractivity contribution in [2.75, 3.05) is 4.31 Å². The van der Waals surface area contributed by atoms with Gasteiger partial charge in [-0.05, 0) is 48.6 Å². The standard InChI is InChI=1S/C20H24N2O3S/c1-13(2)15-8-10-16(11-9-15)26(24,25)22-14(3)12-18(20(21)23)17-6-4-5-7-19(17)22/h4-11,13-14,18H,12H2,1-3H3,(H2,21,23). The predicted molar refractivity (Wildman–Crippen MR) is 103 cm³/mol. The number of carbonyl (C=O) groups excluding carboxylic acids is 1. The lowest BCUT2D eigenvalue weighted by Gasteiger charge is -2.38. The third-order valence-electron chi connectivity index (χ3n) is 4.97. The SMILES string of the molecule is CC(C)c1ccc(S(=O)(=O)N2c3ccccc3C(C(N)=O)CC2C)cc1. The topological polar surface area (TPSA) is 80.5 Å². The molecule has 2 N–H and O–H groups in total. The fourth-order valence-electron chi connectivity index (χ4n) is 3.56. The molecule has 26 heavy (non-hydrogen) atoms. The van der Waals surface area contributed by atoms with Crippen LogP contribution in [0.3, 0.4) is 0 Å². The Morgan fingerprint density at radius 3 is 2.31 bits per heavy atom. The fraction of sp³-hybridized carbons (Fsp3) is 0.350. The summed E-state index contributed by atoms with van der Waals surface area (Å²) in [6.45, 7) is 5.94. The van der Waals surface area contributed by atoms with Crippen molar-refractivity contribution in [1.82, 2.24) is 0 Å². The predicted octanol–water partition coefficient (Wildman–Crippen LogP) is 3.37. The summed E-state index contributed by atoms with van der Waals surface area (Å²) in [5, 5.41) is 0. The zero-order valence-corrected chi connectivity index (χ0v) is 16.0. The third kappa shape index (κ3) is 3.09. The van der Waals surface area contributed by atoms with Crippen LogP contribution >= 0.6 is 0 Å². The Kier molecular flexibility index (Phi) is 4.80. The van der Waals surface area contributed by atoms with Gasteiger partial charge in [0.1, 0.15) is 0 Å². The number of amides is 1. The van der Waals surface area contributed by atoms with Crippen LogP contribution in [-0.2, 0) is 14.8 Å². The molecule has 0 saturated carbocycles. The first-order valence-corrected chi connectivity index (χ1v) is 10.2. The molecule has 0 aliphatic carbocycles. The highest BCUT2D eigenvalue weighted by molar-refractivity contribution is 7.92. The van der Waals surface area contributed by atoms with Gasteiger partial charge in [-0.2, -0.15) is 0 Å². The highest BCUT2D eigenvalue weighted by atomic mass is 32.2. The van der Waals surface area contributed by atoms with E-state index >= 15 is 0 Å². The number of fused-ring (bicyclic) bond motifs is 1. The van der Waals surface area contributed by atoms with Crippen molar-refractivity contribution >= 4 is 21.6 Å². The zero-order valence-electron chi connectivity index (χ0n) is 15.2. The minimum Gasteiger partial charge on any atom is -0.369 e. The van der Waals surface area contributed by atoms with Gasteiger partial charge >= 0.3 is 0 Å². The molecule has 2 atom stereocenters. The second kappa shape index (κ2) is 6.76. The molecule has 1 aliphatic heterocycles. The molecular formula is C20H24N2O3S. The molecular weight excluding hydrogens is 348 g/mol. The Labute approximate surface area is 154 Å². The lowest BCUT2D eigenvalue weighted by Crippen LogP contribution is -2.45. The van der Waals surface area contributed by atoms with Crippen molar-refractivity contribution in [3.8, 4) is 0 Å². The first-order valence-electron chi connectivity index (χ1n) is 8.76. The molecule has 1 heterocycles. The van der Waals surface area contributed by atoms with Gasteiger partial charge in [-0.25, -0.2) is 8.42 Å². The van der Waals surface area contributed by atoms with Crippen LogP contribution < -0.4 is 10.0 Å². The maximum Gasteiger partial charge on any atom is 0.264 e. The molecule has 138 valence electrons. The fourth-order valence-corrected chi connectivity index (χ4v) is 5.25. The monoisotopic (exact) mass is 372 g/mol. The quantitative estimate of drug-likeness (QED) is 0.893. The van der Waals surface area contributed by atoms with E-state index in [-0.39, 0.29) is 10.9 Å². The van der Waals surface area contributed by atoms with Crippen LogP contribution in [0.15, 0.2) is 53.4 Å². The molecule has 0 spiro atoms. The number of anilines is 1. The molecule has 0 fully saturated rings. The molecule has 0 saturated heterocycles. The van der Waals surface area contributed by atoms with E-state index in [0.717, 1.165) is 5.56 Å². The largest absolute Gasteiger partial charge is 0.369 e. The van der Waals surface area contributed by atoms with Gasteiger partial charge in [0, 0.05) is 6.04 Å². The number of sulfonamides is 1. The van der Waals surface area contributed by atoms with Gasteiger partial charge in [-0.3, -0.25) is 9.10 Å². The van der Waals surface area contributed by atoms with Crippen LogP contribution in [0.1, 0.15) is 50.2 Å². The Balaban J connectivity index is 2.09. The Hall–Kier alpha value is -2.34. The minimum absolute atomic E-state index is 0.251. The molecule has 6 heteroatoms. The first kappa shape index (κ1) is 18.5. The molecule has 0 bridgehead atoms. The van der Waals surface area contributed by atoms with Crippen molar-refractivity contribution in [3.63, 3.8) is 0 Å². The molecule has 5 nitrogen and oxygen atoms in total. The summed E-state index contributed by atoms with van der Waals surface area (Å²) in [6, 6.07) is 13.7. The highest BCUT2D eigenvalue weighted by Gasteiger charge is 2.39. The normalized spacial score (nSPS) is 20.1. The van der Waals surface area contributed by atoms with Crippen LogP contribution in [0.5, 0.6) is 0 Å². The second-order valence-corrected chi connectivity index (χ2v) is 8.94. The van der Waals surface area contributed by atoms with Crippen molar-refractivity contribution in [2.24, 2.45) is 5.73 Å². The van der Waals surface area contributed by atoms with Crippen LogP contribution in [0.25, 0.3) is 0 Å². The molecule has 0 radical (unpaired) electrons. The maximum atomic E-state index is 13.3. The molecule has 1 aliphatic rings. The summed E-state index contributed by atoms with van der Waals surface area (Å²) in [6.07, 6.45) is 0.371. The number of nitrogens with zero attached hydrogens (tertiary/aromatic N) is 1. The number of carbonyl (C=O) groups is 1. The Morgan fingerprint density at radius 2 is 1.73 bits per heavy atom. The number of primary amides is 1. The first-order chi connectivity index (χ1) is 12.2. The Morgan fingerprint density at radius 1 is 1.12 bits per heavy atom. The third-order valence-corrected chi connectivity index (χ3v) is 6.92. The molecule has 3 rings (SSSR count). The van der Waals surface area contributed by atoms with E-state index < -0.39 is 21.8 Å². The second-order valence-electron chi connectivity index (χ2n) is 7.12. The molecule has 0 aromatic heterocycles. The smallest absolute Gasteiger partial charge is 0.264 e. The van der Waals surface area contributed by atoms with Crippen molar-refractivity contribution in [1.29, 1.82) is 0 Å². The van der Waals surface area contributed by atoms with E-state index in [1.165, 1.54) is 4.31 Å². The van der Waals surface area contributed by atoms with Crippen LogP contribution in [0, 0.1) is 0 Å². The lowest BCUT2D eigenvalue weighted by molar-refractivity contribution is -0.119. The number of para-hydroxylation sites is 1. The number of nitrogens with two attached hydrogens (primary N) is 1. The van der Waals surface area contributed by atoms with E-state index in [1.807, 2.05) is 19.1 Å². The van der Waals surface area contributed by atoms with Crippen molar-refractivity contribution in [3.05, 3.63) is 59.7 Å². The van der Waals surface area contributed by atoms with E-state index in [1.54, 1.807) is 36.4 Å². The molecule has 1 amide bonds. The summed E-state index contributed by atoms with van der Waals surface area (Å²) < 4.78 is 28.1. The van der Waals surface area contributed by atoms with Gasteiger partial charge in [0.25, 0.3) is 10.0 Å². The van der Waals surface area contributed by atoms with Crippen molar-refractivity contribution < 1.29 is 13.2 Å². The zero-order chi connectivity index (χ0) is 19.1. The molecule has 2 unspecified atom stereocenters. The van der Waals surface area contributed by atoms with Gasteiger partial charge in [-0.15, -0.1) is 0 Å². The van der Waals surface area contributed by atoms with Gasteiger partial charge in [-0.1, -0.05) is 44.2 Å².